The molecule has 0 aromatic carbocycles. The van der Waals surface area contributed by atoms with Crippen molar-refractivity contribution in [2.75, 3.05) is 0 Å². The van der Waals surface area contributed by atoms with Crippen molar-refractivity contribution in [1.29, 1.82) is 0 Å². The number of hydrogen-bond donors (Lipinski definition) is 1. The molecule has 8 atom stereocenters. The van der Waals surface area contributed by atoms with Gasteiger partial charge >= 0.3 is 180 Å². The van der Waals surface area contributed by atoms with Gasteiger partial charge in [-0.3, -0.25) is 0 Å². The van der Waals surface area contributed by atoms with E-state index in [2.05, 4.69) is 39.6 Å². The fourth-order valence-electron chi connectivity index (χ4n) is 8.99. The molecule has 0 aromatic heterocycles. The van der Waals surface area contributed by atoms with E-state index in [1.807, 2.05) is 0 Å². The molecule has 3 saturated carbocycles. The third-order valence-corrected chi connectivity index (χ3v) is 12.1. The molecule has 172 valence electrons. The number of allylic oxidation sites excluding steroid dienone is 1. The summed E-state index contributed by atoms with van der Waals surface area (Å²) in [5, 5.41) is 11.8. The molecule has 0 saturated heterocycles. The normalized spacial score (nSPS) is 44.2. The monoisotopic (exact) mass is 480 g/mol. The van der Waals surface area contributed by atoms with Gasteiger partial charge in [0.1, 0.15) is 0 Å². The first-order valence-electron chi connectivity index (χ1n) is 13.2. The van der Waals surface area contributed by atoms with Crippen LogP contribution >= 0.6 is 0 Å². The standard InChI is InChI=1S/C28H48OSe/c1-19(2)7-6-8-20(3)24-11-12-25-23-10-9-21-17-22(29)13-16-28(21,18-30-5)26(23)14-15-27(24,25)4/h9,19-20,22-26,29H,6-8,10-18H2,1-5H3/t20-,22+,23+,24-,25+,26+,27-,28-/m1/s1. The van der Waals surface area contributed by atoms with Crippen LogP contribution < -0.4 is 0 Å². The van der Waals surface area contributed by atoms with Crippen molar-refractivity contribution in [3.8, 4) is 0 Å². The Morgan fingerprint density at radius 2 is 1.87 bits per heavy atom. The van der Waals surface area contributed by atoms with E-state index >= 15 is 0 Å². The Morgan fingerprint density at radius 3 is 2.60 bits per heavy atom. The van der Waals surface area contributed by atoms with Crippen molar-refractivity contribution >= 4 is 15.0 Å². The van der Waals surface area contributed by atoms with E-state index in [4.69, 9.17) is 0 Å². The van der Waals surface area contributed by atoms with E-state index in [1.165, 1.54) is 63.1 Å². The fraction of sp³-hybridized carbons (Fsp3) is 0.929. The minimum atomic E-state index is -0.0679. The molecule has 4 rings (SSSR count). The van der Waals surface area contributed by atoms with Gasteiger partial charge in [0.05, 0.1) is 0 Å². The molecule has 2 heteroatoms. The molecule has 0 unspecified atom stereocenters. The molecule has 0 bridgehead atoms. The maximum atomic E-state index is 10.4. The molecular formula is C28H48OSe. The zero-order valence-corrected chi connectivity index (χ0v) is 22.2. The van der Waals surface area contributed by atoms with Gasteiger partial charge in [0.2, 0.25) is 0 Å². The average molecular weight is 480 g/mol. The maximum absolute atomic E-state index is 10.4. The van der Waals surface area contributed by atoms with Crippen LogP contribution in [0.25, 0.3) is 0 Å². The summed E-state index contributed by atoms with van der Waals surface area (Å²) in [6, 6.07) is 0. The van der Waals surface area contributed by atoms with Crippen molar-refractivity contribution in [3.05, 3.63) is 11.6 Å². The second kappa shape index (κ2) is 9.23. The van der Waals surface area contributed by atoms with Gasteiger partial charge in [0, 0.05) is 0 Å². The topological polar surface area (TPSA) is 20.2 Å². The van der Waals surface area contributed by atoms with E-state index in [-0.39, 0.29) is 6.10 Å². The summed E-state index contributed by atoms with van der Waals surface area (Å²) in [6.45, 7) is 10.1. The van der Waals surface area contributed by atoms with Gasteiger partial charge in [0.15, 0.2) is 0 Å². The molecule has 0 amide bonds. The van der Waals surface area contributed by atoms with Crippen molar-refractivity contribution in [3.63, 3.8) is 0 Å². The Kier molecular flexibility index (Phi) is 7.19. The molecular weight excluding hydrogens is 431 g/mol. The van der Waals surface area contributed by atoms with Gasteiger partial charge in [0.25, 0.3) is 0 Å². The summed E-state index contributed by atoms with van der Waals surface area (Å²) >= 11 is 0.729. The van der Waals surface area contributed by atoms with Crippen LogP contribution in [0.15, 0.2) is 11.6 Å². The van der Waals surface area contributed by atoms with Crippen molar-refractivity contribution < 1.29 is 5.11 Å². The summed E-state index contributed by atoms with van der Waals surface area (Å²) < 4.78 is 0. The molecule has 1 N–H and O–H groups in total. The second-order valence-electron chi connectivity index (χ2n) is 12.4. The third-order valence-electron chi connectivity index (χ3n) is 10.4. The van der Waals surface area contributed by atoms with Crippen LogP contribution in [-0.4, -0.2) is 26.2 Å². The summed E-state index contributed by atoms with van der Waals surface area (Å²) in [4.78, 5) is 0. The summed E-state index contributed by atoms with van der Waals surface area (Å²) in [6.07, 6.45) is 17.4. The Morgan fingerprint density at radius 1 is 1.07 bits per heavy atom. The van der Waals surface area contributed by atoms with E-state index < -0.39 is 0 Å². The van der Waals surface area contributed by atoms with Crippen LogP contribution in [0.4, 0.5) is 0 Å². The third kappa shape index (κ3) is 4.01. The zero-order chi connectivity index (χ0) is 21.5. The summed E-state index contributed by atoms with van der Waals surface area (Å²) in [5.74, 6) is 7.97. The fourth-order valence-corrected chi connectivity index (χ4v) is 11.2. The summed E-state index contributed by atoms with van der Waals surface area (Å²) in [5.41, 5.74) is 2.75. The van der Waals surface area contributed by atoms with Crippen molar-refractivity contribution in [1.82, 2.24) is 0 Å². The molecule has 0 heterocycles. The Bertz CT molecular complexity index is 626. The van der Waals surface area contributed by atoms with Gasteiger partial charge in [-0.15, -0.1) is 0 Å². The predicted molar refractivity (Wildman–Crippen MR) is 130 cm³/mol. The van der Waals surface area contributed by atoms with E-state index in [1.54, 1.807) is 5.57 Å². The minimum absolute atomic E-state index is 0.0679. The first-order chi connectivity index (χ1) is 14.3. The first kappa shape index (κ1) is 23.4. The second-order valence-corrected chi connectivity index (χ2v) is 14.2. The van der Waals surface area contributed by atoms with E-state index in [9.17, 15) is 5.11 Å². The Balaban J connectivity index is 1.53. The number of aliphatic hydroxyl groups is 1. The number of rotatable bonds is 7. The summed E-state index contributed by atoms with van der Waals surface area (Å²) in [7, 11) is 0. The average Bonchev–Trinajstić information content (AvgIpc) is 3.05. The quantitative estimate of drug-likeness (QED) is 0.295. The molecule has 0 radical (unpaired) electrons. The number of aliphatic hydroxyl groups excluding tert-OH is 1. The first-order valence-corrected chi connectivity index (χ1v) is 16.1. The van der Waals surface area contributed by atoms with E-state index in [0.29, 0.717) is 10.8 Å². The molecule has 4 aliphatic carbocycles. The Labute approximate surface area is 193 Å². The Hall–Kier alpha value is 0.219. The molecule has 1 nitrogen and oxygen atoms in total. The van der Waals surface area contributed by atoms with E-state index in [0.717, 1.165) is 63.3 Å². The predicted octanol–water partition coefficient (Wildman–Crippen LogP) is 7.54. The number of hydrogen-bond acceptors (Lipinski definition) is 1. The van der Waals surface area contributed by atoms with Crippen LogP contribution in [0.2, 0.25) is 11.1 Å². The zero-order valence-electron chi connectivity index (χ0n) is 20.5. The van der Waals surface area contributed by atoms with Gasteiger partial charge in [-0.05, 0) is 0 Å². The molecule has 3 fully saturated rings. The van der Waals surface area contributed by atoms with Crippen molar-refractivity contribution in [2.45, 2.75) is 116 Å². The SMILES string of the molecule is C[Se]C[C@]12CC[C@H](O)CC1=CC[C@@H]1[C@@H]2CC[C@]2(C)[C@@H]([C@H](C)CCCC(C)C)CC[C@@H]12. The molecule has 0 spiro atoms. The van der Waals surface area contributed by atoms with Crippen LogP contribution in [0.3, 0.4) is 0 Å². The van der Waals surface area contributed by atoms with Crippen LogP contribution in [0.5, 0.6) is 0 Å². The van der Waals surface area contributed by atoms with Crippen molar-refractivity contribution in [2.24, 2.45) is 46.3 Å². The molecule has 30 heavy (non-hydrogen) atoms. The van der Waals surface area contributed by atoms with Gasteiger partial charge in [-0.25, -0.2) is 0 Å². The molecule has 0 aromatic rings. The van der Waals surface area contributed by atoms with Gasteiger partial charge in [-0.2, -0.15) is 0 Å². The van der Waals surface area contributed by atoms with Gasteiger partial charge in [-0.1, -0.05) is 13.8 Å². The molecule has 4 aliphatic rings. The van der Waals surface area contributed by atoms with Crippen LogP contribution in [0, 0.1) is 46.3 Å². The van der Waals surface area contributed by atoms with Crippen LogP contribution in [-0.2, 0) is 0 Å². The molecule has 0 aliphatic heterocycles. The number of fused-ring (bicyclic) bond motifs is 5. The van der Waals surface area contributed by atoms with Gasteiger partial charge < -0.3 is 0 Å². The van der Waals surface area contributed by atoms with Crippen LogP contribution in [0.1, 0.15) is 98.3 Å².